The molecule has 1 aromatic heterocycles. The van der Waals surface area contributed by atoms with Crippen molar-refractivity contribution in [2.45, 2.75) is 32.1 Å². The molecule has 1 saturated carbocycles. The van der Waals surface area contributed by atoms with Gasteiger partial charge in [-0.15, -0.1) is 0 Å². The van der Waals surface area contributed by atoms with Crippen LogP contribution in [-0.2, 0) is 0 Å². The molecule has 2 fully saturated rings. The minimum absolute atomic E-state index is 0.197. The smallest absolute Gasteiger partial charge is 0.253 e. The number of benzene rings is 1. The lowest BCUT2D eigenvalue weighted by molar-refractivity contribution is 0.0521. The van der Waals surface area contributed by atoms with E-state index >= 15 is 0 Å². The van der Waals surface area contributed by atoms with Gasteiger partial charge in [0, 0.05) is 36.7 Å². The Kier molecular flexibility index (Phi) is 3.94. The van der Waals surface area contributed by atoms with Crippen molar-refractivity contribution in [3.8, 4) is 5.69 Å². The van der Waals surface area contributed by atoms with Gasteiger partial charge in [0.1, 0.15) is 0 Å². The molecule has 0 spiro atoms. The standard InChI is InChI=1S/C20H24N2O/c23-20(22-13-10-16-6-1-2-7-18(16)15-22)17-8-5-9-19(14-17)21-11-3-4-12-21/h3-5,8-9,11-12,14,16,18H,1-2,6-7,10,13,15H2/t16-,18-/m0/s1. The van der Waals surface area contributed by atoms with E-state index in [0.717, 1.165) is 36.2 Å². The van der Waals surface area contributed by atoms with Gasteiger partial charge in [0.05, 0.1) is 0 Å². The zero-order valence-corrected chi connectivity index (χ0v) is 13.5. The maximum absolute atomic E-state index is 12.9. The van der Waals surface area contributed by atoms with Crippen molar-refractivity contribution >= 4 is 5.91 Å². The summed E-state index contributed by atoms with van der Waals surface area (Å²) in [7, 11) is 0. The molecule has 0 bridgehead atoms. The van der Waals surface area contributed by atoms with E-state index in [1.807, 2.05) is 53.4 Å². The molecular formula is C20H24N2O. The minimum atomic E-state index is 0.197. The van der Waals surface area contributed by atoms with Crippen LogP contribution in [0.4, 0.5) is 0 Å². The lowest BCUT2D eigenvalue weighted by Crippen LogP contribution is -2.44. The molecule has 3 nitrogen and oxygen atoms in total. The number of hydrogen-bond acceptors (Lipinski definition) is 1. The van der Waals surface area contributed by atoms with Gasteiger partial charge >= 0.3 is 0 Å². The highest BCUT2D eigenvalue weighted by Crippen LogP contribution is 2.36. The minimum Gasteiger partial charge on any atom is -0.338 e. The van der Waals surface area contributed by atoms with Crippen molar-refractivity contribution in [1.82, 2.24) is 9.47 Å². The third kappa shape index (κ3) is 2.92. The number of carbonyl (C=O) groups excluding carboxylic acids is 1. The molecule has 2 heterocycles. The van der Waals surface area contributed by atoms with E-state index in [4.69, 9.17) is 0 Å². The fraction of sp³-hybridized carbons (Fsp3) is 0.450. The third-order valence-electron chi connectivity index (χ3n) is 5.57. The summed E-state index contributed by atoms with van der Waals surface area (Å²) < 4.78 is 2.05. The van der Waals surface area contributed by atoms with Crippen LogP contribution in [0.2, 0.25) is 0 Å². The molecule has 4 rings (SSSR count). The first-order chi connectivity index (χ1) is 11.3. The summed E-state index contributed by atoms with van der Waals surface area (Å²) in [5, 5.41) is 0. The number of hydrogen-bond donors (Lipinski definition) is 0. The summed E-state index contributed by atoms with van der Waals surface area (Å²) in [4.78, 5) is 15.0. The monoisotopic (exact) mass is 308 g/mol. The molecule has 1 aliphatic heterocycles. The van der Waals surface area contributed by atoms with Crippen LogP contribution in [0.3, 0.4) is 0 Å². The van der Waals surface area contributed by atoms with Crippen molar-refractivity contribution in [1.29, 1.82) is 0 Å². The highest BCUT2D eigenvalue weighted by atomic mass is 16.2. The first-order valence-corrected chi connectivity index (χ1v) is 8.84. The van der Waals surface area contributed by atoms with Crippen molar-refractivity contribution in [2.75, 3.05) is 13.1 Å². The fourth-order valence-corrected chi connectivity index (χ4v) is 4.27. The Morgan fingerprint density at radius 3 is 2.57 bits per heavy atom. The van der Waals surface area contributed by atoms with E-state index in [1.165, 1.54) is 32.1 Å². The molecule has 1 aliphatic carbocycles. The Balaban J connectivity index is 1.52. The van der Waals surface area contributed by atoms with Gasteiger partial charge in [-0.3, -0.25) is 4.79 Å². The van der Waals surface area contributed by atoms with Crippen LogP contribution in [0.15, 0.2) is 48.8 Å². The van der Waals surface area contributed by atoms with Crippen LogP contribution in [0.5, 0.6) is 0 Å². The van der Waals surface area contributed by atoms with Crippen LogP contribution in [0, 0.1) is 11.8 Å². The Labute approximate surface area is 137 Å². The largest absolute Gasteiger partial charge is 0.338 e. The SMILES string of the molecule is O=C(c1cccc(-n2cccc2)c1)N1CC[C@@H]2CCCC[C@H]2C1. The van der Waals surface area contributed by atoms with Gasteiger partial charge in [0.15, 0.2) is 0 Å². The Hall–Kier alpha value is -2.03. The first-order valence-electron chi connectivity index (χ1n) is 8.84. The molecule has 0 N–H and O–H groups in total. The second-order valence-electron chi connectivity index (χ2n) is 6.99. The van der Waals surface area contributed by atoms with Crippen LogP contribution in [0.25, 0.3) is 5.69 Å². The number of aromatic nitrogens is 1. The van der Waals surface area contributed by atoms with Crippen LogP contribution in [0.1, 0.15) is 42.5 Å². The topological polar surface area (TPSA) is 25.2 Å². The summed E-state index contributed by atoms with van der Waals surface area (Å²) in [6.45, 7) is 1.88. The van der Waals surface area contributed by atoms with Crippen molar-refractivity contribution in [2.24, 2.45) is 11.8 Å². The average Bonchev–Trinajstić information content (AvgIpc) is 3.15. The fourth-order valence-electron chi connectivity index (χ4n) is 4.27. The molecule has 0 unspecified atom stereocenters. The van der Waals surface area contributed by atoms with Gasteiger partial charge in [0.2, 0.25) is 0 Å². The number of likely N-dealkylation sites (tertiary alicyclic amines) is 1. The molecule has 2 aliphatic rings. The van der Waals surface area contributed by atoms with Gasteiger partial charge < -0.3 is 9.47 Å². The van der Waals surface area contributed by atoms with Gasteiger partial charge in [-0.25, -0.2) is 0 Å². The van der Waals surface area contributed by atoms with E-state index in [1.54, 1.807) is 0 Å². The quantitative estimate of drug-likeness (QED) is 0.819. The normalized spacial score (nSPS) is 24.3. The molecule has 23 heavy (non-hydrogen) atoms. The van der Waals surface area contributed by atoms with Crippen LogP contribution < -0.4 is 0 Å². The van der Waals surface area contributed by atoms with Gasteiger partial charge in [-0.05, 0) is 55.0 Å². The number of carbonyl (C=O) groups is 1. The van der Waals surface area contributed by atoms with Crippen LogP contribution in [-0.4, -0.2) is 28.5 Å². The highest BCUT2D eigenvalue weighted by Gasteiger charge is 2.33. The number of amides is 1. The zero-order valence-electron chi connectivity index (χ0n) is 13.5. The summed E-state index contributed by atoms with van der Waals surface area (Å²) in [5.74, 6) is 1.79. The van der Waals surface area contributed by atoms with E-state index in [2.05, 4.69) is 4.90 Å². The second-order valence-corrected chi connectivity index (χ2v) is 6.99. The van der Waals surface area contributed by atoms with Gasteiger partial charge in [-0.1, -0.05) is 25.3 Å². The van der Waals surface area contributed by atoms with E-state index in [-0.39, 0.29) is 5.91 Å². The molecule has 1 amide bonds. The lowest BCUT2D eigenvalue weighted by Gasteiger charge is -2.41. The van der Waals surface area contributed by atoms with E-state index < -0.39 is 0 Å². The van der Waals surface area contributed by atoms with E-state index in [9.17, 15) is 4.79 Å². The van der Waals surface area contributed by atoms with Crippen molar-refractivity contribution in [3.63, 3.8) is 0 Å². The van der Waals surface area contributed by atoms with Gasteiger partial charge in [-0.2, -0.15) is 0 Å². The zero-order chi connectivity index (χ0) is 15.6. The van der Waals surface area contributed by atoms with Gasteiger partial charge in [0.25, 0.3) is 5.91 Å². The van der Waals surface area contributed by atoms with Crippen molar-refractivity contribution < 1.29 is 4.79 Å². The molecule has 0 radical (unpaired) electrons. The summed E-state index contributed by atoms with van der Waals surface area (Å²) in [6.07, 6.45) is 10.6. The maximum atomic E-state index is 12.9. The maximum Gasteiger partial charge on any atom is 0.253 e. The predicted octanol–water partition coefficient (Wildman–Crippen LogP) is 4.13. The van der Waals surface area contributed by atoms with Crippen LogP contribution >= 0.6 is 0 Å². The number of rotatable bonds is 2. The molecular weight excluding hydrogens is 284 g/mol. The molecule has 2 aromatic rings. The Morgan fingerprint density at radius 2 is 1.74 bits per heavy atom. The molecule has 1 saturated heterocycles. The molecule has 3 heteroatoms. The molecule has 120 valence electrons. The first kappa shape index (κ1) is 14.6. The number of piperidine rings is 1. The summed E-state index contributed by atoms with van der Waals surface area (Å²) in [5.41, 5.74) is 1.86. The number of nitrogens with zero attached hydrogens (tertiary/aromatic N) is 2. The Bertz CT molecular complexity index is 677. The Morgan fingerprint density at radius 1 is 0.957 bits per heavy atom. The highest BCUT2D eigenvalue weighted by molar-refractivity contribution is 5.94. The third-order valence-corrected chi connectivity index (χ3v) is 5.57. The van der Waals surface area contributed by atoms with E-state index in [0.29, 0.717) is 0 Å². The number of fused-ring (bicyclic) bond motifs is 1. The average molecular weight is 308 g/mol. The summed E-state index contributed by atoms with van der Waals surface area (Å²) in [6, 6.07) is 12.0. The second kappa shape index (κ2) is 6.23. The molecule has 1 aromatic carbocycles. The predicted molar refractivity (Wildman–Crippen MR) is 91.7 cm³/mol. The van der Waals surface area contributed by atoms with Crippen molar-refractivity contribution in [3.05, 3.63) is 54.4 Å². The molecule has 2 atom stereocenters. The lowest BCUT2D eigenvalue weighted by atomic mass is 9.75. The summed E-state index contributed by atoms with van der Waals surface area (Å²) >= 11 is 0.